The average molecular weight is 376 g/mol. The van der Waals surface area contributed by atoms with Gasteiger partial charge in [0.15, 0.2) is 5.82 Å². The Morgan fingerprint density at radius 1 is 0.857 bits per heavy atom. The summed E-state index contributed by atoms with van der Waals surface area (Å²) in [4.78, 5) is 22.2. The number of aryl methyl sites for hydroxylation is 1. The van der Waals surface area contributed by atoms with Gasteiger partial charge < -0.3 is 9.80 Å². The summed E-state index contributed by atoms with van der Waals surface area (Å²) in [5.74, 6) is 3.39. The minimum Gasteiger partial charge on any atom is -0.353 e. The summed E-state index contributed by atoms with van der Waals surface area (Å²) in [6.07, 6.45) is 6.76. The highest BCUT2D eigenvalue weighted by molar-refractivity contribution is 5.55. The van der Waals surface area contributed by atoms with Crippen LogP contribution in [0.2, 0.25) is 0 Å². The first-order chi connectivity index (χ1) is 13.7. The molecule has 0 spiro atoms. The van der Waals surface area contributed by atoms with Crippen LogP contribution < -0.4 is 9.80 Å². The van der Waals surface area contributed by atoms with E-state index in [1.807, 2.05) is 29.8 Å². The fourth-order valence-corrected chi connectivity index (χ4v) is 3.57. The minimum atomic E-state index is 0.639. The van der Waals surface area contributed by atoms with Crippen molar-refractivity contribution in [2.75, 3.05) is 36.0 Å². The fourth-order valence-electron chi connectivity index (χ4n) is 3.57. The van der Waals surface area contributed by atoms with Crippen LogP contribution in [0.3, 0.4) is 0 Å². The lowest BCUT2D eigenvalue weighted by Gasteiger charge is -2.37. The van der Waals surface area contributed by atoms with E-state index in [2.05, 4.69) is 46.9 Å². The molecule has 4 aromatic rings. The second-order valence-corrected chi connectivity index (χ2v) is 6.78. The summed E-state index contributed by atoms with van der Waals surface area (Å²) in [5, 5.41) is 8.61. The normalized spacial score (nSPS) is 14.8. The Kier molecular flexibility index (Phi) is 3.89. The highest BCUT2D eigenvalue weighted by atomic mass is 15.4. The van der Waals surface area contributed by atoms with Gasteiger partial charge in [-0.3, -0.25) is 0 Å². The summed E-state index contributed by atoms with van der Waals surface area (Å²) in [7, 11) is 0. The van der Waals surface area contributed by atoms with Gasteiger partial charge in [-0.05, 0) is 19.9 Å². The van der Waals surface area contributed by atoms with Gasteiger partial charge >= 0.3 is 0 Å². The van der Waals surface area contributed by atoms with Crippen molar-refractivity contribution in [1.29, 1.82) is 0 Å². The van der Waals surface area contributed by atoms with Crippen LogP contribution in [0.5, 0.6) is 0 Å². The smallest absolute Gasteiger partial charge is 0.254 e. The number of hydrogen-bond donors (Lipinski definition) is 0. The number of aromatic nitrogens is 8. The lowest BCUT2D eigenvalue weighted by molar-refractivity contribution is 0.629. The first-order valence-corrected chi connectivity index (χ1v) is 9.19. The van der Waals surface area contributed by atoms with Crippen molar-refractivity contribution in [2.24, 2.45) is 0 Å². The maximum atomic E-state index is 4.51. The van der Waals surface area contributed by atoms with Crippen molar-refractivity contribution in [2.45, 2.75) is 13.8 Å². The Morgan fingerprint density at radius 3 is 2.43 bits per heavy atom. The SMILES string of the molecule is Cc1nc2ncnn2c(N2CCN(c3cc(-n4cccn4)ncn3)CC2)c1C. The third kappa shape index (κ3) is 2.73. The van der Waals surface area contributed by atoms with Crippen molar-refractivity contribution >= 4 is 17.4 Å². The minimum absolute atomic E-state index is 0.639. The molecule has 5 rings (SSSR count). The zero-order chi connectivity index (χ0) is 19.1. The summed E-state index contributed by atoms with van der Waals surface area (Å²) >= 11 is 0. The fraction of sp³-hybridized carbons (Fsp3) is 0.333. The van der Waals surface area contributed by atoms with E-state index in [1.54, 1.807) is 23.5 Å². The zero-order valence-corrected chi connectivity index (χ0v) is 15.8. The Bertz CT molecular complexity index is 1110. The van der Waals surface area contributed by atoms with E-state index in [0.717, 1.165) is 54.9 Å². The average Bonchev–Trinajstić information content (AvgIpc) is 3.41. The van der Waals surface area contributed by atoms with Crippen molar-refractivity contribution in [3.63, 3.8) is 0 Å². The quantitative estimate of drug-likeness (QED) is 0.524. The van der Waals surface area contributed by atoms with E-state index in [-0.39, 0.29) is 0 Å². The third-order valence-electron chi connectivity index (χ3n) is 5.16. The second-order valence-electron chi connectivity index (χ2n) is 6.78. The van der Waals surface area contributed by atoms with Gasteiger partial charge in [0.1, 0.15) is 24.3 Å². The molecular weight excluding hydrogens is 356 g/mol. The summed E-state index contributed by atoms with van der Waals surface area (Å²) < 4.78 is 3.57. The zero-order valence-electron chi connectivity index (χ0n) is 15.8. The van der Waals surface area contributed by atoms with Gasteiger partial charge in [0.05, 0.1) is 0 Å². The second kappa shape index (κ2) is 6.55. The van der Waals surface area contributed by atoms with Crippen LogP contribution in [0.4, 0.5) is 11.6 Å². The molecule has 0 unspecified atom stereocenters. The Balaban J connectivity index is 1.39. The van der Waals surface area contributed by atoms with Crippen LogP contribution in [-0.2, 0) is 0 Å². The Morgan fingerprint density at radius 2 is 1.64 bits per heavy atom. The van der Waals surface area contributed by atoms with Crippen LogP contribution in [0, 0.1) is 13.8 Å². The maximum Gasteiger partial charge on any atom is 0.254 e. The lowest BCUT2D eigenvalue weighted by Crippen LogP contribution is -2.47. The van der Waals surface area contributed by atoms with Gasteiger partial charge in [-0.15, -0.1) is 0 Å². The molecule has 1 fully saturated rings. The standard InChI is InChI=1S/C18H20N10/c1-13-14(2)24-18-21-12-23-28(18)17(13)26-8-6-25(7-9-26)15-10-16(20-11-19-15)27-5-3-4-22-27/h3-5,10-12H,6-9H2,1-2H3. The molecule has 1 aliphatic rings. The molecule has 142 valence electrons. The van der Waals surface area contributed by atoms with E-state index < -0.39 is 0 Å². The van der Waals surface area contributed by atoms with Gasteiger partial charge in [-0.1, -0.05) is 0 Å². The van der Waals surface area contributed by atoms with Crippen LogP contribution in [-0.4, -0.2) is 65.5 Å². The lowest BCUT2D eigenvalue weighted by atomic mass is 10.2. The molecule has 10 nitrogen and oxygen atoms in total. The molecule has 0 aliphatic carbocycles. The summed E-state index contributed by atoms with van der Waals surface area (Å²) in [5.41, 5.74) is 2.12. The van der Waals surface area contributed by atoms with E-state index in [1.165, 1.54) is 0 Å². The number of fused-ring (bicyclic) bond motifs is 1. The predicted octanol–water partition coefficient (Wildman–Crippen LogP) is 1.04. The van der Waals surface area contributed by atoms with Crippen molar-refractivity contribution < 1.29 is 0 Å². The predicted molar refractivity (Wildman–Crippen MR) is 104 cm³/mol. The van der Waals surface area contributed by atoms with Crippen LogP contribution in [0.1, 0.15) is 11.3 Å². The molecule has 5 heterocycles. The molecule has 10 heteroatoms. The number of rotatable bonds is 3. The largest absolute Gasteiger partial charge is 0.353 e. The monoisotopic (exact) mass is 376 g/mol. The Hall–Kier alpha value is -3.56. The van der Waals surface area contributed by atoms with E-state index >= 15 is 0 Å². The van der Waals surface area contributed by atoms with E-state index in [0.29, 0.717) is 5.78 Å². The molecule has 1 saturated heterocycles. The molecule has 28 heavy (non-hydrogen) atoms. The number of nitrogens with zero attached hydrogens (tertiary/aromatic N) is 10. The van der Waals surface area contributed by atoms with Crippen LogP contribution in [0.15, 0.2) is 37.2 Å². The molecule has 0 atom stereocenters. The number of anilines is 2. The molecule has 1 aliphatic heterocycles. The van der Waals surface area contributed by atoms with E-state index in [9.17, 15) is 0 Å². The van der Waals surface area contributed by atoms with Gasteiger partial charge in [-0.25, -0.2) is 19.6 Å². The molecule has 4 aromatic heterocycles. The molecule has 0 N–H and O–H groups in total. The first-order valence-electron chi connectivity index (χ1n) is 9.19. The highest BCUT2D eigenvalue weighted by Crippen LogP contribution is 2.24. The molecular formula is C18H20N10. The maximum absolute atomic E-state index is 4.51. The molecule has 0 aromatic carbocycles. The highest BCUT2D eigenvalue weighted by Gasteiger charge is 2.23. The van der Waals surface area contributed by atoms with E-state index in [4.69, 9.17) is 0 Å². The summed E-state index contributed by atoms with van der Waals surface area (Å²) in [6.45, 7) is 7.53. The number of piperazine rings is 1. The third-order valence-corrected chi connectivity index (χ3v) is 5.16. The van der Waals surface area contributed by atoms with Crippen molar-refractivity contribution in [3.05, 3.63) is 48.4 Å². The van der Waals surface area contributed by atoms with Crippen LogP contribution in [0.25, 0.3) is 11.6 Å². The molecule has 0 bridgehead atoms. The Labute approximate surface area is 161 Å². The van der Waals surface area contributed by atoms with Gasteiger partial charge in [0.2, 0.25) is 0 Å². The van der Waals surface area contributed by atoms with Crippen molar-refractivity contribution in [3.8, 4) is 5.82 Å². The molecule has 0 amide bonds. The van der Waals surface area contributed by atoms with Gasteiger partial charge in [0, 0.05) is 55.9 Å². The van der Waals surface area contributed by atoms with Gasteiger partial charge in [0.25, 0.3) is 5.78 Å². The van der Waals surface area contributed by atoms with Gasteiger partial charge in [-0.2, -0.15) is 19.7 Å². The first kappa shape index (κ1) is 16.6. The molecule has 0 radical (unpaired) electrons. The molecule has 0 saturated carbocycles. The summed E-state index contributed by atoms with van der Waals surface area (Å²) in [6, 6.07) is 3.85. The van der Waals surface area contributed by atoms with Crippen LogP contribution >= 0.6 is 0 Å². The number of hydrogen-bond acceptors (Lipinski definition) is 8. The van der Waals surface area contributed by atoms with Crippen molar-refractivity contribution in [1.82, 2.24) is 39.3 Å². The topological polar surface area (TPSA) is 93.2 Å².